The number of benzene rings is 1. The molecule has 0 aliphatic rings. The Balaban J connectivity index is 3.09. The van der Waals surface area contributed by atoms with Crippen molar-refractivity contribution in [3.63, 3.8) is 0 Å². The number of hydrogen-bond donors (Lipinski definition) is 1. The number of esters is 1. The molecule has 1 N–H and O–H groups in total. The Morgan fingerprint density at radius 1 is 1.27 bits per heavy atom. The van der Waals surface area contributed by atoms with Gasteiger partial charge in [0.2, 0.25) is 6.10 Å². The third kappa shape index (κ3) is 5.18. The SMILES string of the molecule is O=C(OC(CS(=O)(=O)O)C(F)(F)F)c1cc(F)c(F)cc1Br. The molecule has 12 heteroatoms. The summed E-state index contributed by atoms with van der Waals surface area (Å²) in [5, 5.41) is 0. The van der Waals surface area contributed by atoms with Crippen LogP contribution >= 0.6 is 15.9 Å². The van der Waals surface area contributed by atoms with Crippen LogP contribution in [0.5, 0.6) is 0 Å². The predicted molar refractivity (Wildman–Crippen MR) is 65.7 cm³/mol. The number of halogens is 6. The molecular formula is C10H6BrF5O5S. The van der Waals surface area contributed by atoms with E-state index in [1.807, 2.05) is 0 Å². The van der Waals surface area contributed by atoms with Gasteiger partial charge in [0.15, 0.2) is 11.6 Å². The Hall–Kier alpha value is -1.27. The summed E-state index contributed by atoms with van der Waals surface area (Å²) in [4.78, 5) is 11.6. The minimum atomic E-state index is -5.30. The summed E-state index contributed by atoms with van der Waals surface area (Å²) in [6.07, 6.45) is -8.47. The van der Waals surface area contributed by atoms with Crippen molar-refractivity contribution in [2.75, 3.05) is 5.75 Å². The van der Waals surface area contributed by atoms with Crippen LogP contribution in [-0.2, 0) is 14.9 Å². The van der Waals surface area contributed by atoms with Crippen molar-refractivity contribution in [2.24, 2.45) is 0 Å². The molecule has 1 aromatic rings. The number of hydrogen-bond acceptors (Lipinski definition) is 4. The van der Waals surface area contributed by atoms with Crippen molar-refractivity contribution in [3.8, 4) is 0 Å². The summed E-state index contributed by atoms with van der Waals surface area (Å²) in [5.74, 6) is -6.57. The van der Waals surface area contributed by atoms with Crippen LogP contribution < -0.4 is 0 Å². The lowest BCUT2D eigenvalue weighted by Crippen LogP contribution is -2.39. The van der Waals surface area contributed by atoms with E-state index in [9.17, 15) is 35.2 Å². The molecule has 0 aliphatic carbocycles. The average Bonchev–Trinajstić information content (AvgIpc) is 2.30. The van der Waals surface area contributed by atoms with Crippen LogP contribution in [0.2, 0.25) is 0 Å². The molecule has 0 fully saturated rings. The highest BCUT2D eigenvalue weighted by atomic mass is 79.9. The zero-order chi connectivity index (χ0) is 17.3. The van der Waals surface area contributed by atoms with Crippen molar-refractivity contribution in [1.29, 1.82) is 0 Å². The molecule has 0 bridgehead atoms. The maximum Gasteiger partial charge on any atom is 0.426 e. The molecule has 0 aliphatic heterocycles. The minimum Gasteiger partial charge on any atom is -0.448 e. The van der Waals surface area contributed by atoms with Gasteiger partial charge in [0.05, 0.1) is 5.56 Å². The van der Waals surface area contributed by atoms with Crippen molar-refractivity contribution in [2.45, 2.75) is 12.3 Å². The molecular weight excluding hydrogens is 407 g/mol. The largest absolute Gasteiger partial charge is 0.448 e. The topological polar surface area (TPSA) is 80.7 Å². The number of carbonyl (C=O) groups excluding carboxylic acids is 1. The fourth-order valence-electron chi connectivity index (χ4n) is 1.26. The molecule has 0 saturated heterocycles. The highest BCUT2D eigenvalue weighted by Gasteiger charge is 2.45. The number of carbonyl (C=O) groups is 1. The van der Waals surface area contributed by atoms with Gasteiger partial charge in [-0.05, 0) is 28.1 Å². The summed E-state index contributed by atoms with van der Waals surface area (Å²) in [6.45, 7) is 0. The van der Waals surface area contributed by atoms with Gasteiger partial charge >= 0.3 is 12.1 Å². The molecule has 1 atom stereocenters. The van der Waals surface area contributed by atoms with Gasteiger partial charge in [0, 0.05) is 4.47 Å². The third-order valence-electron chi connectivity index (χ3n) is 2.21. The fraction of sp³-hybridized carbons (Fsp3) is 0.300. The van der Waals surface area contributed by atoms with E-state index in [4.69, 9.17) is 4.55 Å². The van der Waals surface area contributed by atoms with Gasteiger partial charge in [0.25, 0.3) is 10.1 Å². The van der Waals surface area contributed by atoms with Crippen molar-refractivity contribution in [3.05, 3.63) is 33.8 Å². The van der Waals surface area contributed by atoms with E-state index < -0.39 is 55.8 Å². The average molecular weight is 413 g/mol. The summed E-state index contributed by atoms with van der Waals surface area (Å²) in [5.41, 5.74) is -0.788. The van der Waals surface area contributed by atoms with Gasteiger partial charge in [-0.15, -0.1) is 0 Å². The first-order chi connectivity index (χ1) is 9.81. The van der Waals surface area contributed by atoms with Gasteiger partial charge in [-0.3, -0.25) is 4.55 Å². The maximum atomic E-state index is 13.0. The molecule has 22 heavy (non-hydrogen) atoms. The maximum absolute atomic E-state index is 13.0. The van der Waals surface area contributed by atoms with E-state index >= 15 is 0 Å². The Kier molecular flexibility index (Phi) is 5.51. The predicted octanol–water partition coefficient (Wildman–Crippen LogP) is 2.70. The lowest BCUT2D eigenvalue weighted by atomic mass is 10.2. The molecule has 0 saturated carbocycles. The minimum absolute atomic E-state index is 0.280. The fourth-order valence-corrected chi connectivity index (χ4v) is 2.38. The quantitative estimate of drug-likeness (QED) is 0.356. The van der Waals surface area contributed by atoms with E-state index in [1.165, 1.54) is 0 Å². The molecule has 1 rings (SSSR count). The Labute approximate surface area is 128 Å². The molecule has 1 unspecified atom stereocenters. The summed E-state index contributed by atoms with van der Waals surface area (Å²) >= 11 is 2.63. The molecule has 0 heterocycles. The van der Waals surface area contributed by atoms with Gasteiger partial charge < -0.3 is 4.74 Å². The smallest absolute Gasteiger partial charge is 0.426 e. The van der Waals surface area contributed by atoms with Crippen molar-refractivity contribution in [1.82, 2.24) is 0 Å². The lowest BCUT2D eigenvalue weighted by molar-refractivity contribution is -0.197. The highest BCUT2D eigenvalue weighted by molar-refractivity contribution is 9.10. The van der Waals surface area contributed by atoms with E-state index in [0.717, 1.165) is 0 Å². The normalized spacial score (nSPS) is 13.8. The number of alkyl halides is 3. The number of ether oxygens (including phenoxy) is 1. The van der Waals surface area contributed by atoms with Crippen LogP contribution in [0.25, 0.3) is 0 Å². The van der Waals surface area contributed by atoms with Gasteiger partial charge in [-0.25, -0.2) is 13.6 Å². The van der Waals surface area contributed by atoms with Crippen LogP contribution in [0, 0.1) is 11.6 Å². The summed E-state index contributed by atoms with van der Waals surface area (Å²) < 4.78 is 96.6. The van der Waals surface area contributed by atoms with E-state index in [2.05, 4.69) is 20.7 Å². The molecule has 0 radical (unpaired) electrons. The Bertz CT molecular complexity index is 688. The standard InChI is InChI=1S/C10H6BrF5O5S/c11-5-2-7(13)6(12)1-4(5)9(17)21-8(10(14,15)16)3-22(18,19)20/h1-2,8H,3H2,(H,18,19,20). The van der Waals surface area contributed by atoms with Crippen LogP contribution in [0.15, 0.2) is 16.6 Å². The van der Waals surface area contributed by atoms with Crippen LogP contribution in [0.3, 0.4) is 0 Å². The van der Waals surface area contributed by atoms with E-state index in [-0.39, 0.29) is 6.07 Å². The molecule has 0 amide bonds. The second kappa shape index (κ2) is 6.46. The molecule has 124 valence electrons. The first kappa shape index (κ1) is 18.8. The second-order valence-corrected chi connectivity index (χ2v) is 6.28. The zero-order valence-electron chi connectivity index (χ0n) is 10.2. The first-order valence-corrected chi connectivity index (χ1v) is 7.59. The van der Waals surface area contributed by atoms with Gasteiger partial charge in [-0.2, -0.15) is 21.6 Å². The Morgan fingerprint density at radius 2 is 1.77 bits per heavy atom. The number of rotatable bonds is 4. The third-order valence-corrected chi connectivity index (χ3v) is 3.59. The van der Waals surface area contributed by atoms with E-state index in [1.54, 1.807) is 0 Å². The second-order valence-electron chi connectivity index (χ2n) is 3.93. The van der Waals surface area contributed by atoms with Crippen LogP contribution in [0.4, 0.5) is 22.0 Å². The van der Waals surface area contributed by atoms with Crippen molar-refractivity contribution < 1.29 is 44.5 Å². The highest BCUT2D eigenvalue weighted by Crippen LogP contribution is 2.27. The van der Waals surface area contributed by atoms with Gasteiger partial charge in [-0.1, -0.05) is 0 Å². The van der Waals surface area contributed by atoms with E-state index in [0.29, 0.717) is 6.07 Å². The zero-order valence-corrected chi connectivity index (χ0v) is 12.6. The monoisotopic (exact) mass is 412 g/mol. The summed E-state index contributed by atoms with van der Waals surface area (Å²) in [6, 6.07) is 0.764. The Morgan fingerprint density at radius 3 is 2.23 bits per heavy atom. The molecule has 1 aromatic carbocycles. The lowest BCUT2D eigenvalue weighted by Gasteiger charge is -2.19. The summed E-state index contributed by atoms with van der Waals surface area (Å²) in [7, 11) is -5.10. The van der Waals surface area contributed by atoms with Crippen molar-refractivity contribution >= 4 is 32.0 Å². The molecule has 5 nitrogen and oxygen atoms in total. The molecule has 0 aromatic heterocycles. The van der Waals surface area contributed by atoms with Gasteiger partial charge in [0.1, 0.15) is 5.75 Å². The molecule has 0 spiro atoms. The van der Waals surface area contributed by atoms with Crippen LogP contribution in [-0.4, -0.2) is 37.0 Å². The first-order valence-electron chi connectivity index (χ1n) is 5.18. The van der Waals surface area contributed by atoms with Crippen LogP contribution in [0.1, 0.15) is 10.4 Å².